The number of aromatic nitrogens is 2. The second-order valence-corrected chi connectivity index (χ2v) is 8.62. The molecule has 0 bridgehead atoms. The molecule has 0 spiro atoms. The zero-order valence-corrected chi connectivity index (χ0v) is 17.8. The fourth-order valence-electron chi connectivity index (χ4n) is 4.61. The van der Waals surface area contributed by atoms with Crippen molar-refractivity contribution in [3.05, 3.63) is 60.3 Å². The lowest BCUT2D eigenvalue weighted by molar-refractivity contribution is -0.129. The summed E-state index contributed by atoms with van der Waals surface area (Å²) in [5.41, 5.74) is 2.19. The van der Waals surface area contributed by atoms with Gasteiger partial charge in [0.2, 0.25) is 11.8 Å². The van der Waals surface area contributed by atoms with E-state index in [2.05, 4.69) is 28.5 Å². The van der Waals surface area contributed by atoms with Crippen LogP contribution in [0.4, 0.5) is 5.82 Å². The molecule has 1 aliphatic carbocycles. The van der Waals surface area contributed by atoms with Gasteiger partial charge in [0.1, 0.15) is 11.9 Å². The molecular weight excluding hydrogens is 388 g/mol. The maximum absolute atomic E-state index is 11.6. The highest BCUT2D eigenvalue weighted by molar-refractivity contribution is 5.80. The van der Waals surface area contributed by atoms with E-state index in [9.17, 15) is 4.79 Å². The molecular formula is C25H28N4O2. The van der Waals surface area contributed by atoms with E-state index in [1.165, 1.54) is 5.56 Å². The Bertz CT molecular complexity index is 1070. The van der Waals surface area contributed by atoms with E-state index in [4.69, 9.17) is 9.72 Å². The molecule has 0 atom stereocenters. The van der Waals surface area contributed by atoms with Crippen LogP contribution in [-0.4, -0.2) is 46.0 Å². The fraction of sp³-hybridized carbons (Fsp3) is 0.400. The minimum Gasteiger partial charge on any atom is -0.474 e. The van der Waals surface area contributed by atoms with Crippen LogP contribution >= 0.6 is 0 Å². The van der Waals surface area contributed by atoms with Gasteiger partial charge in [-0.25, -0.2) is 9.97 Å². The summed E-state index contributed by atoms with van der Waals surface area (Å²) in [6.07, 6.45) is 5.77. The number of carbonyl (C=O) groups is 1. The van der Waals surface area contributed by atoms with Crippen molar-refractivity contribution >= 4 is 22.6 Å². The summed E-state index contributed by atoms with van der Waals surface area (Å²) in [5.74, 6) is 2.24. The van der Waals surface area contributed by atoms with Crippen molar-refractivity contribution in [1.82, 2.24) is 14.9 Å². The zero-order valence-electron chi connectivity index (χ0n) is 17.8. The number of nitrogens with one attached hydrogen (secondary N) is 1. The van der Waals surface area contributed by atoms with E-state index >= 15 is 0 Å². The van der Waals surface area contributed by atoms with Crippen molar-refractivity contribution in [3.63, 3.8) is 0 Å². The van der Waals surface area contributed by atoms with Crippen molar-refractivity contribution in [2.24, 2.45) is 0 Å². The van der Waals surface area contributed by atoms with Crippen LogP contribution in [0.15, 0.2) is 54.7 Å². The summed E-state index contributed by atoms with van der Waals surface area (Å²) in [4.78, 5) is 22.8. The van der Waals surface area contributed by atoms with E-state index in [0.29, 0.717) is 12.0 Å². The van der Waals surface area contributed by atoms with Crippen LogP contribution in [0.5, 0.6) is 5.88 Å². The minimum atomic E-state index is 0.162. The number of amides is 1. The third-order valence-electron chi connectivity index (χ3n) is 6.50. The van der Waals surface area contributed by atoms with Crippen molar-refractivity contribution in [1.29, 1.82) is 0 Å². The van der Waals surface area contributed by atoms with Crippen LogP contribution in [0, 0.1) is 0 Å². The fourth-order valence-corrected chi connectivity index (χ4v) is 4.61. The predicted molar refractivity (Wildman–Crippen MR) is 121 cm³/mol. The number of carbonyl (C=O) groups excluding carboxylic acids is 1. The quantitative estimate of drug-likeness (QED) is 0.669. The Hall–Kier alpha value is -3.15. The van der Waals surface area contributed by atoms with Crippen molar-refractivity contribution < 1.29 is 9.53 Å². The maximum atomic E-state index is 11.6. The highest BCUT2D eigenvalue weighted by atomic mass is 16.5. The maximum Gasteiger partial charge on any atom is 0.219 e. The van der Waals surface area contributed by atoms with Crippen molar-refractivity contribution in [2.75, 3.05) is 18.4 Å². The number of benzene rings is 1. The molecule has 6 heteroatoms. The first-order valence-electron chi connectivity index (χ1n) is 11.1. The Morgan fingerprint density at radius 2 is 1.87 bits per heavy atom. The molecule has 0 radical (unpaired) electrons. The van der Waals surface area contributed by atoms with Gasteiger partial charge in [-0.15, -0.1) is 0 Å². The monoisotopic (exact) mass is 416 g/mol. The second kappa shape index (κ2) is 8.53. The molecule has 2 fully saturated rings. The number of likely N-dealkylation sites (tertiary alicyclic amines) is 1. The van der Waals surface area contributed by atoms with E-state index in [-0.39, 0.29) is 12.0 Å². The Balaban J connectivity index is 1.17. The number of pyridine rings is 2. The lowest BCUT2D eigenvalue weighted by Gasteiger charge is -2.37. The number of nitrogens with zero attached hydrogens (tertiary/aromatic N) is 3. The molecule has 3 aromatic rings. The Labute approximate surface area is 182 Å². The molecule has 6 nitrogen and oxygen atoms in total. The van der Waals surface area contributed by atoms with Gasteiger partial charge in [0, 0.05) is 56.0 Å². The third-order valence-corrected chi connectivity index (χ3v) is 6.50. The number of anilines is 1. The smallest absolute Gasteiger partial charge is 0.219 e. The Kier molecular flexibility index (Phi) is 5.45. The molecule has 2 aromatic heterocycles. The number of rotatable bonds is 5. The van der Waals surface area contributed by atoms with Gasteiger partial charge in [-0.05, 0) is 43.0 Å². The van der Waals surface area contributed by atoms with Gasteiger partial charge in [-0.1, -0.05) is 24.3 Å². The number of hydrogen-bond donors (Lipinski definition) is 1. The Morgan fingerprint density at radius 3 is 2.68 bits per heavy atom. The number of para-hydroxylation sites is 1. The number of hydrogen-bond acceptors (Lipinski definition) is 5. The first-order valence-corrected chi connectivity index (χ1v) is 11.1. The highest BCUT2D eigenvalue weighted by Crippen LogP contribution is 2.35. The Morgan fingerprint density at radius 1 is 1.06 bits per heavy atom. The standard InChI is InChI=1S/C25H28N4O2/c1-17(30)29-13-10-18(11-14-29)22-6-4-12-26-25(22)31-21-15-20(16-21)27-24-9-8-19-5-2-3-7-23(19)28-24/h2-9,12,18,20-21H,10-11,13-16H2,1H3,(H,27,28)/t20-,21+. The molecule has 1 saturated heterocycles. The van der Waals surface area contributed by atoms with E-state index in [1.807, 2.05) is 35.2 Å². The summed E-state index contributed by atoms with van der Waals surface area (Å²) in [7, 11) is 0. The van der Waals surface area contributed by atoms with Gasteiger partial charge in [0.05, 0.1) is 5.52 Å². The topological polar surface area (TPSA) is 67.4 Å². The average Bonchev–Trinajstić information content (AvgIpc) is 2.78. The summed E-state index contributed by atoms with van der Waals surface area (Å²) in [5, 5.41) is 4.68. The van der Waals surface area contributed by atoms with E-state index in [1.54, 1.807) is 13.1 Å². The molecule has 5 rings (SSSR count). The van der Waals surface area contributed by atoms with Crippen LogP contribution in [0.1, 0.15) is 44.1 Å². The van der Waals surface area contributed by atoms with Gasteiger partial charge >= 0.3 is 0 Å². The van der Waals surface area contributed by atoms with Crippen LogP contribution < -0.4 is 10.1 Å². The molecule has 2 aliphatic rings. The van der Waals surface area contributed by atoms with Crippen LogP contribution in [0.3, 0.4) is 0 Å². The van der Waals surface area contributed by atoms with Crippen LogP contribution in [0.25, 0.3) is 10.9 Å². The summed E-state index contributed by atoms with van der Waals surface area (Å²) >= 11 is 0. The van der Waals surface area contributed by atoms with Crippen LogP contribution in [-0.2, 0) is 4.79 Å². The predicted octanol–water partition coefficient (Wildman–Crippen LogP) is 4.38. The normalized spacial score (nSPS) is 21.5. The largest absolute Gasteiger partial charge is 0.474 e. The molecule has 160 valence electrons. The molecule has 1 saturated carbocycles. The zero-order chi connectivity index (χ0) is 21.2. The number of piperidine rings is 1. The van der Waals surface area contributed by atoms with Gasteiger partial charge < -0.3 is 15.0 Å². The minimum absolute atomic E-state index is 0.162. The van der Waals surface area contributed by atoms with Gasteiger partial charge in [0.25, 0.3) is 0 Å². The molecule has 1 amide bonds. The van der Waals surface area contributed by atoms with E-state index < -0.39 is 0 Å². The van der Waals surface area contributed by atoms with E-state index in [0.717, 1.165) is 61.4 Å². The third kappa shape index (κ3) is 4.33. The summed E-state index contributed by atoms with van der Waals surface area (Å²) in [6.45, 7) is 3.26. The first kappa shape index (κ1) is 19.8. The van der Waals surface area contributed by atoms with Gasteiger partial charge in [0.15, 0.2) is 0 Å². The molecule has 31 heavy (non-hydrogen) atoms. The van der Waals surface area contributed by atoms with Crippen LogP contribution in [0.2, 0.25) is 0 Å². The number of ether oxygens (including phenoxy) is 1. The molecule has 1 aliphatic heterocycles. The van der Waals surface area contributed by atoms with Gasteiger partial charge in [-0.2, -0.15) is 0 Å². The first-order chi connectivity index (χ1) is 15.2. The average molecular weight is 417 g/mol. The molecule has 0 unspecified atom stereocenters. The summed E-state index contributed by atoms with van der Waals surface area (Å²) < 4.78 is 6.30. The van der Waals surface area contributed by atoms with Crippen molar-refractivity contribution in [2.45, 2.75) is 50.7 Å². The number of fused-ring (bicyclic) bond motifs is 1. The SMILES string of the molecule is CC(=O)N1CCC(c2cccnc2O[C@H]2C[C@@H](Nc3ccc4ccccc4n3)C2)CC1. The molecule has 1 N–H and O–H groups in total. The summed E-state index contributed by atoms with van der Waals surface area (Å²) in [6, 6.07) is 16.8. The lowest BCUT2D eigenvalue weighted by atomic mass is 9.88. The van der Waals surface area contributed by atoms with Gasteiger partial charge in [-0.3, -0.25) is 4.79 Å². The second-order valence-electron chi connectivity index (χ2n) is 8.62. The molecule has 3 heterocycles. The molecule has 1 aromatic carbocycles. The highest BCUT2D eigenvalue weighted by Gasteiger charge is 2.33. The lowest BCUT2D eigenvalue weighted by Crippen LogP contribution is -2.43. The van der Waals surface area contributed by atoms with Crippen molar-refractivity contribution in [3.8, 4) is 5.88 Å².